The third-order valence-electron chi connectivity index (χ3n) is 3.13. The second-order valence-corrected chi connectivity index (χ2v) is 4.35. The van der Waals surface area contributed by atoms with Crippen molar-refractivity contribution in [3.63, 3.8) is 0 Å². The monoisotopic (exact) mass is 273 g/mol. The number of methoxy groups -OCH3 is 2. The normalized spacial score (nSPS) is 10.2. The molecule has 0 bridgehead atoms. The fraction of sp³-hybridized carbons (Fsp3) is 0.188. The first-order valence-electron chi connectivity index (χ1n) is 6.10. The highest BCUT2D eigenvalue weighted by atomic mass is 19.1. The van der Waals surface area contributed by atoms with Gasteiger partial charge in [-0.25, -0.2) is 4.39 Å². The van der Waals surface area contributed by atoms with Crippen molar-refractivity contribution in [2.75, 3.05) is 14.2 Å². The van der Waals surface area contributed by atoms with E-state index in [0.717, 1.165) is 16.7 Å². The van der Waals surface area contributed by atoms with E-state index in [9.17, 15) is 4.39 Å². The van der Waals surface area contributed by atoms with Gasteiger partial charge in [-0.3, -0.25) is 4.99 Å². The first kappa shape index (κ1) is 14.1. The number of aryl methyl sites for hydroxylation is 1. The van der Waals surface area contributed by atoms with Crippen LogP contribution >= 0.6 is 0 Å². The minimum absolute atomic E-state index is 0.224. The molecule has 0 saturated heterocycles. The van der Waals surface area contributed by atoms with Gasteiger partial charge in [0.05, 0.1) is 14.2 Å². The summed E-state index contributed by atoms with van der Waals surface area (Å²) in [6.07, 6.45) is 0. The number of rotatable bonds is 4. The molecule has 2 aromatic carbocycles. The Kier molecular flexibility index (Phi) is 4.03. The molecular weight excluding hydrogens is 257 g/mol. The molecule has 4 heteroatoms. The Morgan fingerprint density at radius 2 is 1.70 bits per heavy atom. The molecule has 0 atom stereocenters. The van der Waals surface area contributed by atoms with E-state index in [2.05, 4.69) is 11.7 Å². The highest BCUT2D eigenvalue weighted by Gasteiger charge is 2.11. The van der Waals surface area contributed by atoms with E-state index in [4.69, 9.17) is 9.47 Å². The van der Waals surface area contributed by atoms with Gasteiger partial charge < -0.3 is 9.47 Å². The van der Waals surface area contributed by atoms with Gasteiger partial charge in [-0.15, -0.1) is 0 Å². The van der Waals surface area contributed by atoms with Gasteiger partial charge >= 0.3 is 0 Å². The van der Waals surface area contributed by atoms with E-state index in [-0.39, 0.29) is 5.75 Å². The molecule has 0 unspecified atom stereocenters. The van der Waals surface area contributed by atoms with Gasteiger partial charge in [-0.05, 0) is 54.6 Å². The van der Waals surface area contributed by atoms with Crippen LogP contribution in [0.15, 0.2) is 35.3 Å². The van der Waals surface area contributed by atoms with Crippen molar-refractivity contribution in [1.29, 1.82) is 0 Å². The van der Waals surface area contributed by atoms with E-state index in [0.29, 0.717) is 11.4 Å². The van der Waals surface area contributed by atoms with Crippen LogP contribution in [0.2, 0.25) is 0 Å². The molecule has 0 aliphatic carbocycles. The summed E-state index contributed by atoms with van der Waals surface area (Å²) in [5.41, 5.74) is 3.23. The molecule has 0 saturated carbocycles. The van der Waals surface area contributed by atoms with Crippen LogP contribution in [0.3, 0.4) is 0 Å². The van der Waals surface area contributed by atoms with Crippen LogP contribution in [0.25, 0.3) is 11.1 Å². The third kappa shape index (κ3) is 2.50. The molecule has 2 aromatic rings. The van der Waals surface area contributed by atoms with Gasteiger partial charge in [0, 0.05) is 0 Å². The molecule has 0 N–H and O–H groups in total. The van der Waals surface area contributed by atoms with E-state index in [1.807, 2.05) is 19.1 Å². The number of nitrogens with zero attached hydrogens (tertiary/aromatic N) is 1. The summed E-state index contributed by atoms with van der Waals surface area (Å²) in [4.78, 5) is 3.95. The number of ether oxygens (including phenoxy) is 2. The van der Waals surface area contributed by atoms with E-state index in [1.54, 1.807) is 19.2 Å². The van der Waals surface area contributed by atoms with Crippen molar-refractivity contribution in [3.05, 3.63) is 41.7 Å². The third-order valence-corrected chi connectivity index (χ3v) is 3.13. The van der Waals surface area contributed by atoms with Gasteiger partial charge in [0.2, 0.25) is 0 Å². The molecule has 0 aliphatic rings. The van der Waals surface area contributed by atoms with E-state index >= 15 is 0 Å². The zero-order valence-electron chi connectivity index (χ0n) is 11.7. The summed E-state index contributed by atoms with van der Waals surface area (Å²) in [6, 6.07) is 8.59. The van der Waals surface area contributed by atoms with Crippen molar-refractivity contribution in [1.82, 2.24) is 0 Å². The van der Waals surface area contributed by atoms with E-state index in [1.165, 1.54) is 13.2 Å². The number of aliphatic imine (C=N–C) groups is 1. The average molecular weight is 273 g/mol. The minimum Gasteiger partial charge on any atom is -0.494 e. The Labute approximate surface area is 117 Å². The minimum atomic E-state index is -0.396. The maximum absolute atomic E-state index is 13.8. The van der Waals surface area contributed by atoms with Crippen LogP contribution in [-0.2, 0) is 0 Å². The summed E-state index contributed by atoms with van der Waals surface area (Å²) in [5.74, 6) is 0.445. The average Bonchev–Trinajstić information content (AvgIpc) is 2.46. The lowest BCUT2D eigenvalue weighted by Crippen LogP contribution is -1.91. The number of hydrogen-bond acceptors (Lipinski definition) is 3. The van der Waals surface area contributed by atoms with Crippen molar-refractivity contribution in [2.45, 2.75) is 6.92 Å². The molecule has 0 spiro atoms. The summed E-state index contributed by atoms with van der Waals surface area (Å²) in [5, 5.41) is 0. The zero-order chi connectivity index (χ0) is 14.7. The second-order valence-electron chi connectivity index (χ2n) is 4.35. The topological polar surface area (TPSA) is 30.8 Å². The maximum Gasteiger partial charge on any atom is 0.165 e. The van der Waals surface area contributed by atoms with Crippen molar-refractivity contribution in [2.24, 2.45) is 4.99 Å². The van der Waals surface area contributed by atoms with Gasteiger partial charge in [0.15, 0.2) is 11.6 Å². The maximum atomic E-state index is 13.8. The lowest BCUT2D eigenvalue weighted by atomic mass is 10.0. The lowest BCUT2D eigenvalue weighted by molar-refractivity contribution is 0.386. The predicted octanol–water partition coefficient (Wildman–Crippen LogP) is 4.15. The lowest BCUT2D eigenvalue weighted by Gasteiger charge is -2.11. The highest BCUT2D eigenvalue weighted by molar-refractivity contribution is 5.73. The molecule has 0 aliphatic heterocycles. The van der Waals surface area contributed by atoms with Crippen LogP contribution in [-0.4, -0.2) is 20.9 Å². The standard InChI is InChI=1S/C16H16FNO2/c1-10-7-12(9-15(20-4)16(10)18-2)11-5-6-14(19-3)13(17)8-11/h5-9H,2H2,1,3-4H3. The first-order chi connectivity index (χ1) is 9.60. The zero-order valence-corrected chi connectivity index (χ0v) is 11.7. The smallest absolute Gasteiger partial charge is 0.165 e. The van der Waals surface area contributed by atoms with Crippen LogP contribution in [0, 0.1) is 12.7 Å². The number of halogens is 1. The molecule has 0 aromatic heterocycles. The molecule has 0 heterocycles. The predicted molar refractivity (Wildman–Crippen MR) is 78.9 cm³/mol. The SMILES string of the molecule is C=Nc1c(C)cc(-c2ccc(OC)c(F)c2)cc1OC. The second kappa shape index (κ2) is 5.74. The van der Waals surface area contributed by atoms with Crippen LogP contribution < -0.4 is 9.47 Å². The molecule has 0 radical (unpaired) electrons. The van der Waals surface area contributed by atoms with Crippen molar-refractivity contribution < 1.29 is 13.9 Å². The Balaban J connectivity index is 2.55. The fourth-order valence-corrected chi connectivity index (χ4v) is 2.12. The molecule has 104 valence electrons. The van der Waals surface area contributed by atoms with Gasteiger partial charge in [-0.2, -0.15) is 0 Å². The number of hydrogen-bond donors (Lipinski definition) is 0. The van der Waals surface area contributed by atoms with Gasteiger partial charge in [0.25, 0.3) is 0 Å². The van der Waals surface area contributed by atoms with Crippen LogP contribution in [0.1, 0.15) is 5.56 Å². The Morgan fingerprint density at radius 3 is 2.25 bits per heavy atom. The highest BCUT2D eigenvalue weighted by Crippen LogP contribution is 2.36. The Bertz CT molecular complexity index is 653. The largest absolute Gasteiger partial charge is 0.494 e. The summed E-state index contributed by atoms with van der Waals surface area (Å²) in [7, 11) is 3.01. The Morgan fingerprint density at radius 1 is 1.00 bits per heavy atom. The first-order valence-corrected chi connectivity index (χ1v) is 6.10. The van der Waals surface area contributed by atoms with Gasteiger partial charge in [0.1, 0.15) is 11.4 Å². The Hall–Kier alpha value is -2.36. The van der Waals surface area contributed by atoms with E-state index < -0.39 is 5.82 Å². The summed E-state index contributed by atoms with van der Waals surface area (Å²) >= 11 is 0. The molecule has 0 fully saturated rings. The van der Waals surface area contributed by atoms with Crippen LogP contribution in [0.4, 0.5) is 10.1 Å². The van der Waals surface area contributed by atoms with Gasteiger partial charge in [-0.1, -0.05) is 6.07 Å². The molecule has 20 heavy (non-hydrogen) atoms. The summed E-state index contributed by atoms with van der Waals surface area (Å²) in [6.45, 7) is 5.45. The molecule has 3 nitrogen and oxygen atoms in total. The fourth-order valence-electron chi connectivity index (χ4n) is 2.12. The summed E-state index contributed by atoms with van der Waals surface area (Å²) < 4.78 is 24.0. The van der Waals surface area contributed by atoms with Crippen LogP contribution in [0.5, 0.6) is 11.5 Å². The molecule has 2 rings (SSSR count). The van der Waals surface area contributed by atoms with Crippen molar-refractivity contribution in [3.8, 4) is 22.6 Å². The molecule has 0 amide bonds. The molecular formula is C16H16FNO2. The van der Waals surface area contributed by atoms with Crippen molar-refractivity contribution >= 4 is 12.4 Å². The quantitative estimate of drug-likeness (QED) is 0.783. The number of benzene rings is 2.